The van der Waals surface area contributed by atoms with Crippen molar-refractivity contribution < 1.29 is 13.9 Å². The Kier molecular flexibility index (Phi) is 5.62. The first-order valence-electron chi connectivity index (χ1n) is 11.1. The third-order valence-corrected chi connectivity index (χ3v) is 6.43. The van der Waals surface area contributed by atoms with Crippen LogP contribution in [-0.2, 0) is 4.74 Å². The Morgan fingerprint density at radius 3 is 2.58 bits per heavy atom. The molecule has 9 heteroatoms. The lowest BCUT2D eigenvalue weighted by molar-refractivity contribution is 0.0148. The molecule has 1 aliphatic heterocycles. The van der Waals surface area contributed by atoms with Crippen molar-refractivity contribution in [2.45, 2.75) is 38.2 Å². The van der Waals surface area contributed by atoms with Gasteiger partial charge in [0.15, 0.2) is 5.82 Å². The Balaban J connectivity index is 1.14. The molecule has 33 heavy (non-hydrogen) atoms. The summed E-state index contributed by atoms with van der Waals surface area (Å²) in [5.74, 6) is 1.32. The molecule has 1 amide bonds. The summed E-state index contributed by atoms with van der Waals surface area (Å²) in [5.41, 5.74) is 1.29. The van der Waals surface area contributed by atoms with Crippen LogP contribution < -0.4 is 10.2 Å². The smallest absolute Gasteiger partial charge is 0.416 e. The van der Waals surface area contributed by atoms with E-state index in [9.17, 15) is 9.18 Å². The lowest BCUT2D eigenvalue weighted by Gasteiger charge is -2.35. The number of hydrogen-bond acceptors (Lipinski definition) is 7. The molecule has 1 saturated carbocycles. The second-order valence-corrected chi connectivity index (χ2v) is 8.78. The van der Waals surface area contributed by atoms with Crippen LogP contribution in [-0.4, -0.2) is 45.2 Å². The minimum absolute atomic E-state index is 0.316. The molecule has 0 bridgehead atoms. The van der Waals surface area contributed by atoms with Crippen molar-refractivity contribution in [3.63, 3.8) is 0 Å². The predicted molar refractivity (Wildman–Crippen MR) is 121 cm³/mol. The first kappa shape index (κ1) is 21.2. The number of ether oxygens (including phenoxy) is 1. The summed E-state index contributed by atoms with van der Waals surface area (Å²) in [6.45, 7) is 3.12. The van der Waals surface area contributed by atoms with Crippen LogP contribution in [0.1, 0.15) is 31.4 Å². The van der Waals surface area contributed by atoms with Crippen LogP contribution in [0.4, 0.5) is 20.8 Å². The average Bonchev–Trinajstić information content (AvgIpc) is 3.15. The lowest BCUT2D eigenvalue weighted by atomic mass is 9.78. The summed E-state index contributed by atoms with van der Waals surface area (Å²) in [6, 6.07) is 13.8. The minimum atomic E-state index is -0.457. The monoisotopic (exact) mass is 448 g/mol. The Morgan fingerprint density at radius 2 is 1.88 bits per heavy atom. The fourth-order valence-corrected chi connectivity index (χ4v) is 4.49. The molecule has 8 nitrogen and oxygen atoms in total. The number of amides is 1. The molecule has 2 aliphatic rings. The van der Waals surface area contributed by atoms with Crippen molar-refractivity contribution in [2.24, 2.45) is 5.92 Å². The summed E-state index contributed by atoms with van der Waals surface area (Å²) >= 11 is 0. The van der Waals surface area contributed by atoms with Gasteiger partial charge >= 0.3 is 6.09 Å². The molecule has 0 radical (unpaired) electrons. The molecular formula is C24H25FN6O2. The molecule has 2 fully saturated rings. The van der Waals surface area contributed by atoms with E-state index in [1.165, 1.54) is 6.07 Å². The van der Waals surface area contributed by atoms with Gasteiger partial charge < -0.3 is 10.1 Å². The summed E-state index contributed by atoms with van der Waals surface area (Å²) in [4.78, 5) is 14.0. The van der Waals surface area contributed by atoms with Crippen LogP contribution in [0, 0.1) is 18.7 Å². The molecule has 170 valence electrons. The topological polar surface area (TPSA) is 93.1 Å². The summed E-state index contributed by atoms with van der Waals surface area (Å²) < 4.78 is 19.7. The SMILES string of the molecule is Cc1ccc(N2CC3(CCC(CNc4ccc(-c5ccccc5F)nn4)CC3)OC2=O)nn1. The molecule has 2 aromatic heterocycles. The van der Waals surface area contributed by atoms with Crippen molar-refractivity contribution in [3.8, 4) is 11.3 Å². The summed E-state index contributed by atoms with van der Waals surface area (Å²) in [7, 11) is 0. The molecule has 5 rings (SSSR count). The van der Waals surface area contributed by atoms with Gasteiger partial charge in [-0.05, 0) is 74.9 Å². The minimum Gasteiger partial charge on any atom is -0.441 e. The zero-order valence-electron chi connectivity index (χ0n) is 18.4. The molecule has 1 aromatic carbocycles. The predicted octanol–water partition coefficient (Wildman–Crippen LogP) is 4.38. The quantitative estimate of drug-likeness (QED) is 0.619. The largest absolute Gasteiger partial charge is 0.441 e. The molecular weight excluding hydrogens is 423 g/mol. The summed E-state index contributed by atoms with van der Waals surface area (Å²) in [6.07, 6.45) is 3.13. The maximum atomic E-state index is 13.9. The summed E-state index contributed by atoms with van der Waals surface area (Å²) in [5, 5.41) is 19.9. The van der Waals surface area contributed by atoms with Crippen molar-refractivity contribution >= 4 is 17.7 Å². The fourth-order valence-electron chi connectivity index (χ4n) is 4.49. The maximum absolute atomic E-state index is 13.9. The van der Waals surface area contributed by atoms with Gasteiger partial charge in [-0.25, -0.2) is 9.18 Å². The van der Waals surface area contributed by atoms with Gasteiger partial charge in [0.2, 0.25) is 0 Å². The number of nitrogens with zero attached hydrogens (tertiary/aromatic N) is 5. The molecule has 0 unspecified atom stereocenters. The van der Waals surface area contributed by atoms with Crippen LogP contribution in [0.2, 0.25) is 0 Å². The van der Waals surface area contributed by atoms with E-state index in [2.05, 4.69) is 25.7 Å². The number of rotatable bonds is 5. The fraction of sp³-hybridized carbons (Fsp3) is 0.375. The first-order chi connectivity index (χ1) is 16.0. The van der Waals surface area contributed by atoms with Gasteiger partial charge in [-0.1, -0.05) is 12.1 Å². The zero-order valence-corrected chi connectivity index (χ0v) is 18.4. The van der Waals surface area contributed by atoms with E-state index >= 15 is 0 Å². The molecule has 0 atom stereocenters. The number of benzene rings is 1. The average molecular weight is 449 g/mol. The number of aromatic nitrogens is 4. The maximum Gasteiger partial charge on any atom is 0.416 e. The van der Waals surface area contributed by atoms with Crippen LogP contribution >= 0.6 is 0 Å². The molecule has 3 aromatic rings. The molecule has 1 aliphatic carbocycles. The number of nitrogens with one attached hydrogen (secondary N) is 1. The van der Waals surface area contributed by atoms with Crippen molar-refractivity contribution in [1.82, 2.24) is 20.4 Å². The van der Waals surface area contributed by atoms with Crippen LogP contribution in [0.25, 0.3) is 11.3 Å². The van der Waals surface area contributed by atoms with Gasteiger partial charge in [0.1, 0.15) is 17.2 Å². The highest BCUT2D eigenvalue weighted by atomic mass is 19.1. The second-order valence-electron chi connectivity index (χ2n) is 8.78. The van der Waals surface area contributed by atoms with E-state index in [0.29, 0.717) is 35.4 Å². The van der Waals surface area contributed by atoms with Crippen molar-refractivity contribution in [1.29, 1.82) is 0 Å². The highest BCUT2D eigenvalue weighted by molar-refractivity contribution is 5.89. The van der Waals surface area contributed by atoms with Gasteiger partial charge in [-0.2, -0.15) is 5.10 Å². The molecule has 1 spiro atoms. The standard InChI is InChI=1S/C24H25FN6O2/c1-16-6-9-22(30-27-16)31-15-24(33-23(31)32)12-10-17(11-13-24)14-26-21-8-7-20(28-29-21)18-4-2-3-5-19(18)25/h2-9,17H,10-15H2,1H3,(H,26,29). The molecule has 1 saturated heterocycles. The highest BCUT2D eigenvalue weighted by Crippen LogP contribution is 2.40. The Hall–Kier alpha value is -3.62. The Bertz CT molecular complexity index is 1130. The van der Waals surface area contributed by atoms with E-state index in [1.807, 2.05) is 19.1 Å². The van der Waals surface area contributed by atoms with Crippen LogP contribution in [0.3, 0.4) is 0 Å². The zero-order chi connectivity index (χ0) is 22.8. The van der Waals surface area contributed by atoms with Crippen LogP contribution in [0.5, 0.6) is 0 Å². The van der Waals surface area contributed by atoms with Crippen molar-refractivity contribution in [3.05, 3.63) is 60.0 Å². The Morgan fingerprint density at radius 1 is 1.06 bits per heavy atom. The van der Waals surface area contributed by atoms with Gasteiger partial charge in [0, 0.05) is 12.1 Å². The number of carbonyl (C=O) groups is 1. The lowest BCUT2D eigenvalue weighted by Crippen LogP contribution is -2.39. The van der Waals surface area contributed by atoms with E-state index in [1.54, 1.807) is 35.2 Å². The van der Waals surface area contributed by atoms with Gasteiger partial charge in [0.25, 0.3) is 0 Å². The Labute approximate surface area is 191 Å². The van der Waals surface area contributed by atoms with Crippen molar-refractivity contribution in [2.75, 3.05) is 23.3 Å². The van der Waals surface area contributed by atoms with Gasteiger partial charge in [-0.15, -0.1) is 15.3 Å². The number of hydrogen-bond donors (Lipinski definition) is 1. The molecule has 1 N–H and O–H groups in total. The normalized spacial score (nSPS) is 22.4. The molecule has 3 heterocycles. The number of aryl methyl sites for hydroxylation is 1. The van der Waals surface area contributed by atoms with Gasteiger partial charge in [0.05, 0.1) is 17.9 Å². The third kappa shape index (κ3) is 4.48. The van der Waals surface area contributed by atoms with E-state index in [-0.39, 0.29) is 11.9 Å². The third-order valence-electron chi connectivity index (χ3n) is 6.43. The number of halogens is 1. The van der Waals surface area contributed by atoms with Gasteiger partial charge in [-0.3, -0.25) is 4.90 Å². The highest BCUT2D eigenvalue weighted by Gasteiger charge is 2.48. The van der Waals surface area contributed by atoms with Crippen LogP contribution in [0.15, 0.2) is 48.5 Å². The van der Waals surface area contributed by atoms with E-state index < -0.39 is 5.60 Å². The first-order valence-corrected chi connectivity index (χ1v) is 11.1. The van der Waals surface area contributed by atoms with E-state index in [0.717, 1.165) is 37.9 Å². The second kappa shape index (κ2) is 8.73. The number of carbonyl (C=O) groups excluding carboxylic acids is 1. The number of anilines is 2. The van der Waals surface area contributed by atoms with E-state index in [4.69, 9.17) is 4.74 Å².